The van der Waals surface area contributed by atoms with Gasteiger partial charge in [0, 0.05) is 11.1 Å². The first-order valence-electron chi connectivity index (χ1n) is 3.83. The van der Waals surface area contributed by atoms with Crippen molar-refractivity contribution in [2.24, 2.45) is 0 Å². The zero-order chi connectivity index (χ0) is 11.4. The molecule has 0 bridgehead atoms. The Labute approximate surface area is 89.9 Å². The van der Waals surface area contributed by atoms with E-state index >= 15 is 0 Å². The van der Waals surface area contributed by atoms with Crippen LogP contribution in [0.5, 0.6) is 0 Å². The summed E-state index contributed by atoms with van der Waals surface area (Å²) >= 11 is 5.58. The minimum absolute atomic E-state index is 0.0382. The van der Waals surface area contributed by atoms with Gasteiger partial charge >= 0.3 is 6.09 Å². The van der Waals surface area contributed by atoms with Gasteiger partial charge in [-0.2, -0.15) is 0 Å². The van der Waals surface area contributed by atoms with Crippen LogP contribution in [-0.4, -0.2) is 18.1 Å². The molecule has 0 fully saturated rings. The van der Waals surface area contributed by atoms with Gasteiger partial charge in [-0.05, 0) is 12.1 Å². The number of amides is 1. The van der Waals surface area contributed by atoms with Gasteiger partial charge in [0.15, 0.2) is 0 Å². The van der Waals surface area contributed by atoms with Gasteiger partial charge < -0.3 is 4.74 Å². The number of benzene rings is 1. The van der Waals surface area contributed by atoms with E-state index in [-0.39, 0.29) is 16.4 Å². The fraction of sp³-hybridized carbons (Fsp3) is 0.125. The molecule has 0 atom stereocenters. The molecule has 0 saturated carbocycles. The summed E-state index contributed by atoms with van der Waals surface area (Å²) in [4.78, 5) is 20.8. The Kier molecular flexibility index (Phi) is 3.46. The average molecular weight is 231 g/mol. The van der Waals surface area contributed by atoms with E-state index in [9.17, 15) is 14.9 Å². The highest BCUT2D eigenvalue weighted by Gasteiger charge is 2.16. The number of anilines is 1. The Balaban J connectivity index is 3.06. The molecule has 0 heterocycles. The lowest BCUT2D eigenvalue weighted by Gasteiger charge is -2.04. The van der Waals surface area contributed by atoms with E-state index in [4.69, 9.17) is 11.6 Å². The minimum Gasteiger partial charge on any atom is -0.453 e. The zero-order valence-corrected chi connectivity index (χ0v) is 8.45. The maximum absolute atomic E-state index is 10.9. The fourth-order valence-electron chi connectivity index (χ4n) is 0.923. The van der Waals surface area contributed by atoms with Crippen molar-refractivity contribution in [3.8, 4) is 0 Å². The van der Waals surface area contributed by atoms with E-state index in [1.54, 1.807) is 0 Å². The number of nitro benzene ring substituents is 1. The molecule has 0 aliphatic rings. The summed E-state index contributed by atoms with van der Waals surface area (Å²) in [5, 5.41) is 13.0. The predicted molar refractivity (Wildman–Crippen MR) is 54.1 cm³/mol. The number of carbonyl (C=O) groups excluding carboxylic acids is 1. The van der Waals surface area contributed by atoms with Crippen LogP contribution >= 0.6 is 11.6 Å². The van der Waals surface area contributed by atoms with Crippen LogP contribution in [0.15, 0.2) is 18.2 Å². The van der Waals surface area contributed by atoms with Crippen LogP contribution < -0.4 is 5.32 Å². The fourth-order valence-corrected chi connectivity index (χ4v) is 1.09. The highest BCUT2D eigenvalue weighted by Crippen LogP contribution is 2.27. The average Bonchev–Trinajstić information content (AvgIpc) is 2.20. The second-order valence-corrected chi connectivity index (χ2v) is 2.97. The van der Waals surface area contributed by atoms with E-state index in [0.717, 1.165) is 13.2 Å². The molecule has 1 N–H and O–H groups in total. The molecule has 0 saturated heterocycles. The quantitative estimate of drug-likeness (QED) is 0.625. The maximum Gasteiger partial charge on any atom is 0.411 e. The standard InChI is InChI=1S/C8H7ClN2O4/c1-15-8(12)10-6-3-2-5(9)4-7(6)11(13)14/h2-4H,1H3,(H,10,12). The van der Waals surface area contributed by atoms with Crippen LogP contribution in [0.25, 0.3) is 0 Å². The molecule has 0 radical (unpaired) electrons. The Hall–Kier alpha value is -1.82. The van der Waals surface area contributed by atoms with Gasteiger partial charge in [-0.25, -0.2) is 4.79 Å². The Morgan fingerprint density at radius 2 is 2.27 bits per heavy atom. The van der Waals surface area contributed by atoms with Crippen molar-refractivity contribution in [2.75, 3.05) is 12.4 Å². The second kappa shape index (κ2) is 4.61. The lowest BCUT2D eigenvalue weighted by molar-refractivity contribution is -0.383. The summed E-state index contributed by atoms with van der Waals surface area (Å²) in [5.41, 5.74) is -0.246. The number of hydrogen-bond donors (Lipinski definition) is 1. The molecular weight excluding hydrogens is 224 g/mol. The van der Waals surface area contributed by atoms with E-state index < -0.39 is 11.0 Å². The molecular formula is C8H7ClN2O4. The molecule has 1 aromatic rings. The summed E-state index contributed by atoms with van der Waals surface area (Å²) in [6.45, 7) is 0. The monoisotopic (exact) mass is 230 g/mol. The van der Waals surface area contributed by atoms with Crippen molar-refractivity contribution >= 4 is 29.1 Å². The summed E-state index contributed by atoms with van der Waals surface area (Å²) in [7, 11) is 1.16. The Bertz CT molecular complexity index is 408. The van der Waals surface area contributed by atoms with Crippen molar-refractivity contribution in [3.05, 3.63) is 33.3 Å². The van der Waals surface area contributed by atoms with Crippen LogP contribution in [0, 0.1) is 10.1 Å². The largest absolute Gasteiger partial charge is 0.453 e. The van der Waals surface area contributed by atoms with Crippen molar-refractivity contribution < 1.29 is 14.5 Å². The smallest absolute Gasteiger partial charge is 0.411 e. The van der Waals surface area contributed by atoms with E-state index in [0.29, 0.717) is 0 Å². The molecule has 0 aliphatic carbocycles. The third-order valence-corrected chi connectivity index (χ3v) is 1.81. The minimum atomic E-state index is -0.777. The Morgan fingerprint density at radius 3 is 2.80 bits per heavy atom. The first kappa shape index (κ1) is 11.3. The number of nitro groups is 1. The van der Waals surface area contributed by atoms with E-state index in [2.05, 4.69) is 10.1 Å². The van der Waals surface area contributed by atoms with E-state index in [1.165, 1.54) is 12.1 Å². The zero-order valence-electron chi connectivity index (χ0n) is 7.69. The first-order valence-corrected chi connectivity index (χ1v) is 4.21. The molecule has 7 heteroatoms. The number of rotatable bonds is 2. The molecule has 1 aromatic carbocycles. The van der Waals surface area contributed by atoms with Crippen molar-refractivity contribution in [1.29, 1.82) is 0 Å². The van der Waals surface area contributed by atoms with Crippen LogP contribution in [-0.2, 0) is 4.74 Å². The highest BCUT2D eigenvalue weighted by molar-refractivity contribution is 6.31. The number of halogens is 1. The number of ether oxygens (including phenoxy) is 1. The van der Waals surface area contributed by atoms with Gasteiger partial charge in [0.1, 0.15) is 5.69 Å². The lowest BCUT2D eigenvalue weighted by Crippen LogP contribution is -2.12. The predicted octanol–water partition coefficient (Wildman–Crippen LogP) is 2.43. The number of nitrogens with one attached hydrogen (secondary N) is 1. The number of nitrogens with zero attached hydrogens (tertiary/aromatic N) is 1. The molecule has 1 amide bonds. The first-order chi connectivity index (χ1) is 7.04. The second-order valence-electron chi connectivity index (χ2n) is 2.54. The van der Waals surface area contributed by atoms with Crippen molar-refractivity contribution in [1.82, 2.24) is 0 Å². The molecule has 1 rings (SSSR count). The number of carbonyl (C=O) groups is 1. The molecule has 15 heavy (non-hydrogen) atoms. The normalized spacial score (nSPS) is 9.47. The maximum atomic E-state index is 10.9. The summed E-state index contributed by atoms with van der Waals surface area (Å²) in [5.74, 6) is 0. The summed E-state index contributed by atoms with van der Waals surface area (Å²) in [6, 6.07) is 3.91. The molecule has 0 unspecified atom stereocenters. The van der Waals surface area contributed by atoms with Crippen LogP contribution in [0.2, 0.25) is 5.02 Å². The number of hydrogen-bond acceptors (Lipinski definition) is 4. The van der Waals surface area contributed by atoms with Crippen LogP contribution in [0.3, 0.4) is 0 Å². The summed E-state index contributed by atoms with van der Waals surface area (Å²) in [6.07, 6.45) is -0.777. The van der Waals surface area contributed by atoms with Gasteiger partial charge in [0.2, 0.25) is 0 Å². The third kappa shape index (κ3) is 2.81. The SMILES string of the molecule is COC(=O)Nc1ccc(Cl)cc1[N+](=O)[O-]. The molecule has 6 nitrogen and oxygen atoms in total. The van der Waals surface area contributed by atoms with Gasteiger partial charge in [-0.15, -0.1) is 0 Å². The lowest BCUT2D eigenvalue weighted by atomic mass is 10.3. The molecule has 0 aromatic heterocycles. The van der Waals surface area contributed by atoms with Gasteiger partial charge in [-0.3, -0.25) is 15.4 Å². The summed E-state index contributed by atoms with van der Waals surface area (Å²) < 4.78 is 4.31. The highest BCUT2D eigenvalue weighted by atomic mass is 35.5. The molecule has 0 aliphatic heterocycles. The van der Waals surface area contributed by atoms with Crippen LogP contribution in [0.4, 0.5) is 16.2 Å². The Morgan fingerprint density at radius 1 is 1.60 bits per heavy atom. The van der Waals surface area contributed by atoms with Crippen molar-refractivity contribution in [3.63, 3.8) is 0 Å². The topological polar surface area (TPSA) is 81.5 Å². The molecule has 80 valence electrons. The van der Waals surface area contributed by atoms with Gasteiger partial charge in [0.25, 0.3) is 5.69 Å². The van der Waals surface area contributed by atoms with Crippen LogP contribution in [0.1, 0.15) is 0 Å². The van der Waals surface area contributed by atoms with E-state index in [1.807, 2.05) is 0 Å². The van der Waals surface area contributed by atoms with Gasteiger partial charge in [-0.1, -0.05) is 11.6 Å². The van der Waals surface area contributed by atoms with Gasteiger partial charge in [0.05, 0.1) is 12.0 Å². The molecule has 0 spiro atoms. The number of methoxy groups -OCH3 is 1. The third-order valence-electron chi connectivity index (χ3n) is 1.58. The van der Waals surface area contributed by atoms with Crippen molar-refractivity contribution in [2.45, 2.75) is 0 Å².